The zero-order valence-electron chi connectivity index (χ0n) is 18.9. The second kappa shape index (κ2) is 9.33. The fourth-order valence-corrected chi connectivity index (χ4v) is 3.72. The van der Waals surface area contributed by atoms with Crippen LogP contribution < -0.4 is 9.64 Å². The first-order valence-corrected chi connectivity index (χ1v) is 10.9. The Morgan fingerprint density at radius 1 is 0.970 bits per heavy atom. The number of rotatable bonds is 8. The lowest BCUT2D eigenvalue weighted by molar-refractivity contribution is -0.131. The van der Waals surface area contributed by atoms with Crippen molar-refractivity contribution >= 4 is 17.6 Å². The number of esters is 1. The third-order valence-corrected chi connectivity index (χ3v) is 6.07. The summed E-state index contributed by atoms with van der Waals surface area (Å²) in [7, 11) is 0. The van der Waals surface area contributed by atoms with E-state index in [0.717, 1.165) is 16.7 Å². The van der Waals surface area contributed by atoms with E-state index in [1.807, 2.05) is 74.5 Å². The summed E-state index contributed by atoms with van der Waals surface area (Å²) in [6.07, 6.45) is 0. The first-order chi connectivity index (χ1) is 15.9. The molecule has 1 aliphatic heterocycles. The summed E-state index contributed by atoms with van der Waals surface area (Å²) < 4.78 is 11.5. The Hall–Kier alpha value is -3.86. The molecule has 3 aromatic rings. The maximum atomic E-state index is 13.1. The van der Waals surface area contributed by atoms with Gasteiger partial charge in [0.15, 0.2) is 0 Å². The van der Waals surface area contributed by atoms with Gasteiger partial charge < -0.3 is 14.4 Å². The zero-order valence-corrected chi connectivity index (χ0v) is 18.9. The standard InChI is InChI=1S/C28H27NO4/c1-20(2)28(3)19-29(27(28)31)25-15-14-23(32-17-21-10-6-4-7-11-21)16-24(25)26(30)33-18-22-12-8-5-9-13-22/h4-16H,1,17-19H2,2-3H3. The second-order valence-corrected chi connectivity index (χ2v) is 8.52. The molecule has 1 heterocycles. The smallest absolute Gasteiger partial charge is 0.340 e. The first-order valence-electron chi connectivity index (χ1n) is 10.9. The van der Waals surface area contributed by atoms with Crippen LogP contribution in [0.25, 0.3) is 0 Å². The van der Waals surface area contributed by atoms with Crippen molar-refractivity contribution in [3.8, 4) is 5.75 Å². The van der Waals surface area contributed by atoms with Crippen LogP contribution in [-0.2, 0) is 22.7 Å². The molecule has 4 rings (SSSR count). The SMILES string of the molecule is C=C(C)C1(C)CN(c2ccc(OCc3ccccc3)cc2C(=O)OCc2ccccc2)C1=O. The van der Waals surface area contributed by atoms with Crippen molar-refractivity contribution in [2.75, 3.05) is 11.4 Å². The summed E-state index contributed by atoms with van der Waals surface area (Å²) in [5.41, 5.74) is 2.91. The van der Waals surface area contributed by atoms with Crippen LogP contribution >= 0.6 is 0 Å². The maximum absolute atomic E-state index is 13.1. The number of anilines is 1. The molecule has 3 aromatic carbocycles. The molecule has 0 radical (unpaired) electrons. The van der Waals surface area contributed by atoms with E-state index in [4.69, 9.17) is 9.47 Å². The van der Waals surface area contributed by atoms with Gasteiger partial charge in [0.25, 0.3) is 0 Å². The predicted octanol–water partition coefficient (Wildman–Crippen LogP) is 5.55. The molecule has 0 N–H and O–H groups in total. The van der Waals surface area contributed by atoms with E-state index in [-0.39, 0.29) is 12.5 Å². The quantitative estimate of drug-likeness (QED) is 0.261. The van der Waals surface area contributed by atoms with Gasteiger partial charge >= 0.3 is 5.97 Å². The number of nitrogens with zero attached hydrogens (tertiary/aromatic N) is 1. The lowest BCUT2D eigenvalue weighted by atomic mass is 9.75. The third-order valence-electron chi connectivity index (χ3n) is 6.07. The highest BCUT2D eigenvalue weighted by molar-refractivity contribution is 6.10. The monoisotopic (exact) mass is 441 g/mol. The molecular weight excluding hydrogens is 414 g/mol. The van der Waals surface area contributed by atoms with Gasteiger partial charge in [-0.05, 0) is 43.2 Å². The van der Waals surface area contributed by atoms with Gasteiger partial charge in [0.2, 0.25) is 5.91 Å². The summed E-state index contributed by atoms with van der Waals surface area (Å²) in [4.78, 5) is 27.6. The van der Waals surface area contributed by atoms with Crippen molar-refractivity contribution in [2.24, 2.45) is 5.41 Å². The summed E-state index contributed by atoms with van der Waals surface area (Å²) in [6.45, 7) is 8.66. The van der Waals surface area contributed by atoms with Gasteiger partial charge in [-0.15, -0.1) is 0 Å². The number of benzene rings is 3. The average Bonchev–Trinajstić information content (AvgIpc) is 2.85. The van der Waals surface area contributed by atoms with Gasteiger partial charge in [-0.25, -0.2) is 4.79 Å². The molecule has 5 heteroatoms. The Labute approximate surface area is 194 Å². The lowest BCUT2D eigenvalue weighted by Crippen LogP contribution is -2.61. The molecule has 1 atom stereocenters. The Morgan fingerprint density at radius 2 is 1.58 bits per heavy atom. The third kappa shape index (κ3) is 4.67. The fourth-order valence-electron chi connectivity index (χ4n) is 3.72. The number of amides is 1. The van der Waals surface area contributed by atoms with Gasteiger partial charge in [-0.1, -0.05) is 72.8 Å². The summed E-state index contributed by atoms with van der Waals surface area (Å²) in [6, 6.07) is 24.4. The van der Waals surface area contributed by atoms with Gasteiger partial charge in [-0.3, -0.25) is 4.79 Å². The van der Waals surface area contributed by atoms with Crippen molar-refractivity contribution < 1.29 is 19.1 Å². The topological polar surface area (TPSA) is 55.8 Å². The van der Waals surface area contributed by atoms with Crippen LogP contribution in [0.15, 0.2) is 91.0 Å². The van der Waals surface area contributed by atoms with E-state index in [0.29, 0.717) is 30.2 Å². The number of ether oxygens (including phenoxy) is 2. The van der Waals surface area contributed by atoms with Crippen molar-refractivity contribution in [3.05, 3.63) is 108 Å². The first kappa shape index (κ1) is 22.3. The minimum atomic E-state index is -0.617. The molecule has 0 saturated carbocycles. The molecule has 1 aliphatic rings. The van der Waals surface area contributed by atoms with Crippen molar-refractivity contribution in [2.45, 2.75) is 27.1 Å². The van der Waals surface area contributed by atoms with E-state index < -0.39 is 11.4 Å². The minimum Gasteiger partial charge on any atom is -0.489 e. The van der Waals surface area contributed by atoms with Crippen LogP contribution in [0, 0.1) is 5.41 Å². The molecule has 5 nitrogen and oxygen atoms in total. The molecule has 0 aliphatic carbocycles. The highest BCUT2D eigenvalue weighted by Gasteiger charge is 2.50. The highest BCUT2D eigenvalue weighted by Crippen LogP contribution is 2.42. The van der Waals surface area contributed by atoms with Crippen LogP contribution in [0.5, 0.6) is 5.75 Å². The Bertz CT molecular complexity index is 1170. The minimum absolute atomic E-state index is 0.0786. The summed E-state index contributed by atoms with van der Waals surface area (Å²) in [5.74, 6) is -0.0503. The normalized spacial score (nSPS) is 17.3. The molecular formula is C28H27NO4. The molecule has 1 unspecified atom stereocenters. The molecule has 0 spiro atoms. The van der Waals surface area contributed by atoms with E-state index in [1.165, 1.54) is 0 Å². The number of carbonyl (C=O) groups is 2. The second-order valence-electron chi connectivity index (χ2n) is 8.52. The van der Waals surface area contributed by atoms with Gasteiger partial charge in [0.1, 0.15) is 19.0 Å². The van der Waals surface area contributed by atoms with Crippen molar-refractivity contribution in [1.29, 1.82) is 0 Å². The Kier molecular flexibility index (Phi) is 6.31. The zero-order chi connectivity index (χ0) is 23.4. The summed E-state index contributed by atoms with van der Waals surface area (Å²) >= 11 is 0. The van der Waals surface area contributed by atoms with Crippen LogP contribution in [0.1, 0.15) is 35.3 Å². The van der Waals surface area contributed by atoms with Crippen LogP contribution in [0.4, 0.5) is 5.69 Å². The molecule has 0 aromatic heterocycles. The number of hydrogen-bond acceptors (Lipinski definition) is 4. The molecule has 1 saturated heterocycles. The molecule has 1 fully saturated rings. The van der Waals surface area contributed by atoms with Crippen molar-refractivity contribution in [3.63, 3.8) is 0 Å². The van der Waals surface area contributed by atoms with Gasteiger partial charge in [0.05, 0.1) is 16.7 Å². The number of hydrogen-bond donors (Lipinski definition) is 0. The van der Waals surface area contributed by atoms with E-state index in [2.05, 4.69) is 6.58 Å². The number of carbonyl (C=O) groups excluding carboxylic acids is 2. The van der Waals surface area contributed by atoms with Crippen LogP contribution in [0.2, 0.25) is 0 Å². The lowest BCUT2D eigenvalue weighted by Gasteiger charge is -2.47. The Balaban J connectivity index is 1.57. The van der Waals surface area contributed by atoms with E-state index in [1.54, 1.807) is 23.1 Å². The Morgan fingerprint density at radius 3 is 2.15 bits per heavy atom. The molecule has 1 amide bonds. The van der Waals surface area contributed by atoms with Gasteiger partial charge in [0, 0.05) is 6.54 Å². The molecule has 168 valence electrons. The fraction of sp³-hybridized carbons (Fsp3) is 0.214. The maximum Gasteiger partial charge on any atom is 0.340 e. The van der Waals surface area contributed by atoms with Crippen molar-refractivity contribution in [1.82, 2.24) is 0 Å². The van der Waals surface area contributed by atoms with Gasteiger partial charge in [-0.2, -0.15) is 0 Å². The van der Waals surface area contributed by atoms with Crippen LogP contribution in [0.3, 0.4) is 0 Å². The summed E-state index contributed by atoms with van der Waals surface area (Å²) in [5, 5.41) is 0. The highest BCUT2D eigenvalue weighted by atomic mass is 16.5. The van der Waals surface area contributed by atoms with E-state index in [9.17, 15) is 9.59 Å². The van der Waals surface area contributed by atoms with E-state index >= 15 is 0 Å². The largest absolute Gasteiger partial charge is 0.489 e. The number of β-lactam (4-membered cyclic amide) rings is 1. The average molecular weight is 442 g/mol. The van der Waals surface area contributed by atoms with Crippen LogP contribution in [-0.4, -0.2) is 18.4 Å². The predicted molar refractivity (Wildman–Crippen MR) is 128 cm³/mol. The molecule has 33 heavy (non-hydrogen) atoms. The molecule has 0 bridgehead atoms.